The summed E-state index contributed by atoms with van der Waals surface area (Å²) in [7, 11) is 0. The minimum Gasteiger partial charge on any atom is -0.446 e. The number of rotatable bonds is 4. The van der Waals surface area contributed by atoms with E-state index >= 15 is 0 Å². The van der Waals surface area contributed by atoms with Crippen molar-refractivity contribution in [1.29, 1.82) is 0 Å². The fourth-order valence-corrected chi connectivity index (χ4v) is 4.69. The molecule has 0 amide bonds. The molecule has 2 aliphatic rings. The van der Waals surface area contributed by atoms with E-state index in [-0.39, 0.29) is 12.0 Å². The molecule has 0 unspecified atom stereocenters. The van der Waals surface area contributed by atoms with Gasteiger partial charge >= 0.3 is 12.1 Å². The highest BCUT2D eigenvalue weighted by Crippen LogP contribution is 2.52. The molecule has 0 bridgehead atoms. The minimum absolute atomic E-state index is 0.204. The number of hydrogen-bond acceptors (Lipinski definition) is 2. The monoisotopic (exact) mass is 412 g/mol. The second-order valence-corrected chi connectivity index (χ2v) is 7.87. The highest BCUT2D eigenvalue weighted by atomic mass is 19.4. The predicted molar refractivity (Wildman–Crippen MR) is 110 cm³/mol. The van der Waals surface area contributed by atoms with Crippen molar-refractivity contribution in [2.45, 2.75) is 43.9 Å². The molecule has 2 nitrogen and oxygen atoms in total. The first-order valence-electron chi connectivity index (χ1n) is 10.3. The van der Waals surface area contributed by atoms with Gasteiger partial charge in [-0.1, -0.05) is 79.9 Å². The smallest absolute Gasteiger partial charge is 0.409 e. The summed E-state index contributed by atoms with van der Waals surface area (Å²) in [4.78, 5) is 13.1. The molecule has 1 aliphatic heterocycles. The molecule has 2 aromatic carbocycles. The Morgan fingerprint density at radius 1 is 0.867 bits per heavy atom. The van der Waals surface area contributed by atoms with E-state index in [4.69, 9.17) is 4.74 Å². The summed E-state index contributed by atoms with van der Waals surface area (Å²) in [6.07, 6.45) is 1.11. The third kappa shape index (κ3) is 3.93. The fraction of sp³-hybridized carbons (Fsp3) is 0.320. The van der Waals surface area contributed by atoms with Crippen molar-refractivity contribution in [3.8, 4) is 0 Å². The molecule has 1 fully saturated rings. The van der Waals surface area contributed by atoms with Crippen LogP contribution < -0.4 is 0 Å². The Labute approximate surface area is 174 Å². The van der Waals surface area contributed by atoms with Gasteiger partial charge in [-0.15, -0.1) is 0 Å². The summed E-state index contributed by atoms with van der Waals surface area (Å²) in [5, 5.41) is 0. The van der Waals surface area contributed by atoms with E-state index in [1.54, 1.807) is 12.1 Å². The lowest BCUT2D eigenvalue weighted by Gasteiger charge is -2.38. The number of alkyl halides is 3. The molecule has 1 aliphatic carbocycles. The van der Waals surface area contributed by atoms with Gasteiger partial charge in [-0.3, -0.25) is 0 Å². The minimum atomic E-state index is -4.49. The maximum Gasteiger partial charge on any atom is 0.409 e. The normalized spacial score (nSPS) is 23.2. The molecule has 2 aromatic rings. The van der Waals surface area contributed by atoms with Gasteiger partial charge in [-0.2, -0.15) is 13.2 Å². The van der Waals surface area contributed by atoms with Crippen molar-refractivity contribution in [3.05, 3.63) is 83.9 Å². The van der Waals surface area contributed by atoms with Gasteiger partial charge in [-0.25, -0.2) is 4.79 Å². The topological polar surface area (TPSA) is 26.3 Å². The Hall–Kier alpha value is -2.82. The number of esters is 1. The van der Waals surface area contributed by atoms with Gasteiger partial charge in [0.05, 0.1) is 5.57 Å². The van der Waals surface area contributed by atoms with Gasteiger partial charge in [0.1, 0.15) is 0 Å². The number of cyclic esters (lactones) is 1. The zero-order valence-electron chi connectivity index (χ0n) is 16.5. The van der Waals surface area contributed by atoms with Crippen molar-refractivity contribution < 1.29 is 22.7 Å². The largest absolute Gasteiger partial charge is 0.446 e. The van der Waals surface area contributed by atoms with Crippen LogP contribution in [0.2, 0.25) is 0 Å². The molecule has 4 rings (SSSR count). The van der Waals surface area contributed by atoms with E-state index in [2.05, 4.69) is 0 Å². The Morgan fingerprint density at radius 3 is 2.00 bits per heavy atom. The first-order chi connectivity index (χ1) is 14.4. The van der Waals surface area contributed by atoms with Crippen LogP contribution in [0, 0.1) is 5.92 Å². The maximum absolute atomic E-state index is 13.2. The van der Waals surface area contributed by atoms with Crippen molar-refractivity contribution in [3.63, 3.8) is 0 Å². The fourth-order valence-electron chi connectivity index (χ4n) is 4.69. The SMILES string of the molecule is O=C1O[C@](/C=C/C(F)(F)F)(C2CCCCC2)C(c2ccccc2)=C1c1ccccc1. The molecule has 1 atom stereocenters. The lowest BCUT2D eigenvalue weighted by molar-refractivity contribution is -0.145. The molecule has 0 aromatic heterocycles. The van der Waals surface area contributed by atoms with Crippen molar-refractivity contribution in [2.75, 3.05) is 0 Å². The molecular weight excluding hydrogens is 389 g/mol. The number of halogens is 3. The number of ether oxygens (including phenoxy) is 1. The van der Waals surface area contributed by atoms with Crippen molar-refractivity contribution in [1.82, 2.24) is 0 Å². The quantitative estimate of drug-likeness (QED) is 0.418. The maximum atomic E-state index is 13.2. The van der Waals surface area contributed by atoms with Crippen LogP contribution in [0.25, 0.3) is 11.1 Å². The molecule has 1 saturated carbocycles. The molecule has 1 heterocycles. The van der Waals surface area contributed by atoms with E-state index in [0.29, 0.717) is 35.1 Å². The lowest BCUT2D eigenvalue weighted by atomic mass is 9.70. The first-order valence-corrected chi connectivity index (χ1v) is 10.3. The number of hydrogen-bond donors (Lipinski definition) is 0. The van der Waals surface area contributed by atoms with Gasteiger partial charge in [-0.05, 0) is 30.0 Å². The molecule has 5 heteroatoms. The zero-order chi connectivity index (χ0) is 21.2. The van der Waals surface area contributed by atoms with Gasteiger partial charge < -0.3 is 4.74 Å². The van der Waals surface area contributed by atoms with E-state index in [9.17, 15) is 18.0 Å². The molecule has 0 spiro atoms. The van der Waals surface area contributed by atoms with E-state index in [1.165, 1.54) is 0 Å². The summed E-state index contributed by atoms with van der Waals surface area (Å²) in [6, 6.07) is 18.2. The summed E-state index contributed by atoms with van der Waals surface area (Å²) >= 11 is 0. The van der Waals surface area contributed by atoms with Gasteiger partial charge in [0.2, 0.25) is 0 Å². The molecule has 0 radical (unpaired) electrons. The third-order valence-corrected chi connectivity index (χ3v) is 5.96. The van der Waals surface area contributed by atoms with E-state index in [0.717, 1.165) is 25.3 Å². The molecule has 0 N–H and O–H groups in total. The van der Waals surface area contributed by atoms with Gasteiger partial charge in [0.15, 0.2) is 5.60 Å². The summed E-state index contributed by atoms with van der Waals surface area (Å²) in [5.74, 6) is -0.775. The Morgan fingerprint density at radius 2 is 1.43 bits per heavy atom. The van der Waals surface area contributed by atoms with Crippen LogP contribution >= 0.6 is 0 Å². The second-order valence-electron chi connectivity index (χ2n) is 7.87. The van der Waals surface area contributed by atoms with Crippen LogP contribution in [0.5, 0.6) is 0 Å². The van der Waals surface area contributed by atoms with Crippen LogP contribution in [0.1, 0.15) is 43.2 Å². The average molecular weight is 412 g/mol. The first kappa shape index (κ1) is 20.5. The Bertz CT molecular complexity index is 955. The van der Waals surface area contributed by atoms with E-state index in [1.807, 2.05) is 48.5 Å². The lowest BCUT2D eigenvalue weighted by Crippen LogP contribution is -2.40. The number of carbonyl (C=O) groups excluding carboxylic acids is 1. The van der Waals surface area contributed by atoms with Crippen molar-refractivity contribution in [2.24, 2.45) is 5.92 Å². The third-order valence-electron chi connectivity index (χ3n) is 5.96. The number of benzene rings is 2. The predicted octanol–water partition coefficient (Wildman–Crippen LogP) is 6.59. The summed E-state index contributed by atoms with van der Waals surface area (Å²) in [6.45, 7) is 0. The van der Waals surface area contributed by atoms with Crippen LogP contribution in [0.4, 0.5) is 13.2 Å². The highest BCUT2D eigenvalue weighted by molar-refractivity contribution is 6.29. The van der Waals surface area contributed by atoms with Gasteiger partial charge in [0.25, 0.3) is 0 Å². The average Bonchev–Trinajstić information content (AvgIpc) is 3.07. The summed E-state index contributed by atoms with van der Waals surface area (Å²) in [5.41, 5.74) is 0.810. The second kappa shape index (κ2) is 8.13. The van der Waals surface area contributed by atoms with Gasteiger partial charge in [0, 0.05) is 17.6 Å². The van der Waals surface area contributed by atoms with Crippen LogP contribution in [-0.2, 0) is 9.53 Å². The standard InChI is InChI=1S/C25H23F3O2/c26-25(27,28)17-16-24(20-14-8-3-9-15-20)22(19-12-6-2-7-13-19)21(23(29)30-24)18-10-4-1-5-11-18/h1-2,4-7,10-13,16-17,20H,3,8-9,14-15H2/b17-16+/t24-/m1/s1. The number of carbonyl (C=O) groups is 1. The number of allylic oxidation sites excluding steroid dienone is 1. The Kier molecular flexibility index (Phi) is 5.54. The molecule has 30 heavy (non-hydrogen) atoms. The molecule has 0 saturated heterocycles. The highest BCUT2D eigenvalue weighted by Gasteiger charge is 2.52. The van der Waals surface area contributed by atoms with E-state index < -0.39 is 17.7 Å². The summed E-state index contributed by atoms with van der Waals surface area (Å²) < 4.78 is 45.7. The van der Waals surface area contributed by atoms with Crippen LogP contribution in [0.15, 0.2) is 72.8 Å². The zero-order valence-corrected chi connectivity index (χ0v) is 16.5. The Balaban J connectivity index is 1.99. The molecular formula is C25H23F3O2. The van der Waals surface area contributed by atoms with Crippen molar-refractivity contribution >= 4 is 17.1 Å². The van der Waals surface area contributed by atoms with Crippen LogP contribution in [0.3, 0.4) is 0 Å². The molecule has 156 valence electrons. The van der Waals surface area contributed by atoms with Crippen LogP contribution in [-0.4, -0.2) is 17.7 Å².